The number of carboxylic acids is 1. The molecule has 5 heteroatoms. The van der Waals surface area contributed by atoms with E-state index < -0.39 is 5.97 Å². The molecule has 0 amide bonds. The molecule has 1 aromatic heterocycles. The van der Waals surface area contributed by atoms with Crippen LogP contribution < -0.4 is 0 Å². The highest BCUT2D eigenvalue weighted by Crippen LogP contribution is 2.34. The molecule has 2 aromatic carbocycles. The first-order chi connectivity index (χ1) is 10.1. The Morgan fingerprint density at radius 1 is 0.952 bits per heavy atom. The Kier molecular flexibility index (Phi) is 3.86. The molecule has 0 saturated carbocycles. The number of benzene rings is 2. The number of aromatic carboxylic acids is 1. The molecule has 3 aromatic rings. The van der Waals surface area contributed by atoms with Crippen LogP contribution in [0.4, 0.5) is 0 Å². The highest BCUT2D eigenvalue weighted by molar-refractivity contribution is 9.11. The van der Waals surface area contributed by atoms with Crippen molar-refractivity contribution in [1.29, 1.82) is 0 Å². The number of hydrogen-bond acceptors (Lipinski definition) is 3. The summed E-state index contributed by atoms with van der Waals surface area (Å²) in [6.07, 6.45) is 0. The number of hydrogen-bond donors (Lipinski definition) is 1. The van der Waals surface area contributed by atoms with E-state index in [2.05, 4.69) is 20.9 Å². The zero-order chi connectivity index (χ0) is 14.8. The topological polar surface area (TPSA) is 50.2 Å². The van der Waals surface area contributed by atoms with E-state index in [4.69, 9.17) is 0 Å². The third-order valence-corrected chi connectivity index (χ3v) is 4.61. The Labute approximate surface area is 134 Å². The molecule has 3 rings (SSSR count). The maximum absolute atomic E-state index is 11.2. The first kappa shape index (κ1) is 14.0. The normalized spacial score (nSPS) is 10.5. The summed E-state index contributed by atoms with van der Waals surface area (Å²) in [7, 11) is 0. The Balaban J connectivity index is 2.00. The number of carboxylic acid groups (broad SMARTS) is 1. The highest BCUT2D eigenvalue weighted by atomic mass is 79.9. The van der Waals surface area contributed by atoms with E-state index in [0.29, 0.717) is 8.79 Å². The van der Waals surface area contributed by atoms with Crippen LogP contribution in [0.15, 0.2) is 58.5 Å². The third kappa shape index (κ3) is 2.89. The second-order valence-electron chi connectivity index (χ2n) is 4.39. The molecule has 1 N–H and O–H groups in total. The van der Waals surface area contributed by atoms with Gasteiger partial charge in [0.2, 0.25) is 0 Å². The summed E-state index contributed by atoms with van der Waals surface area (Å²) in [6.45, 7) is 0. The second kappa shape index (κ2) is 5.79. The lowest BCUT2D eigenvalue weighted by Gasteiger charge is -2.03. The number of nitrogens with zero attached hydrogens (tertiary/aromatic N) is 1. The zero-order valence-corrected chi connectivity index (χ0v) is 13.2. The smallest absolute Gasteiger partial charge is 0.356 e. The minimum absolute atomic E-state index is 0.0827. The van der Waals surface area contributed by atoms with Gasteiger partial charge in [0.1, 0.15) is 0 Å². The molecule has 0 saturated heterocycles. The predicted octanol–water partition coefficient (Wildman–Crippen LogP) is 4.94. The number of thiazole rings is 1. The fourth-order valence-electron chi connectivity index (χ4n) is 2.08. The van der Waals surface area contributed by atoms with Crippen molar-refractivity contribution >= 4 is 33.2 Å². The van der Waals surface area contributed by atoms with E-state index in [1.54, 1.807) is 0 Å². The fourth-order valence-corrected chi connectivity index (χ4v) is 3.53. The van der Waals surface area contributed by atoms with E-state index in [9.17, 15) is 9.90 Å². The first-order valence-electron chi connectivity index (χ1n) is 6.20. The molecule has 0 spiro atoms. The fraction of sp³-hybridized carbons (Fsp3) is 0. The lowest BCUT2D eigenvalue weighted by atomic mass is 10.0. The van der Waals surface area contributed by atoms with Crippen molar-refractivity contribution < 1.29 is 9.90 Å². The van der Waals surface area contributed by atoms with E-state index >= 15 is 0 Å². The van der Waals surface area contributed by atoms with E-state index in [0.717, 1.165) is 16.7 Å². The quantitative estimate of drug-likeness (QED) is 0.720. The van der Waals surface area contributed by atoms with Crippen molar-refractivity contribution in [3.8, 4) is 21.6 Å². The Bertz CT molecular complexity index is 782. The molecule has 1 heterocycles. The number of carbonyl (C=O) groups is 1. The summed E-state index contributed by atoms with van der Waals surface area (Å²) < 4.78 is 0.571. The van der Waals surface area contributed by atoms with Crippen molar-refractivity contribution in [1.82, 2.24) is 4.98 Å². The van der Waals surface area contributed by atoms with Gasteiger partial charge in [-0.25, -0.2) is 9.78 Å². The Hall–Kier alpha value is -1.98. The van der Waals surface area contributed by atoms with Crippen LogP contribution in [0, 0.1) is 0 Å². The van der Waals surface area contributed by atoms with Crippen LogP contribution in [0.5, 0.6) is 0 Å². The van der Waals surface area contributed by atoms with Crippen molar-refractivity contribution in [2.75, 3.05) is 0 Å². The number of rotatable bonds is 3. The largest absolute Gasteiger partial charge is 0.476 e. The van der Waals surface area contributed by atoms with Crippen LogP contribution in [0.3, 0.4) is 0 Å². The van der Waals surface area contributed by atoms with Crippen LogP contribution in [-0.2, 0) is 0 Å². The van der Waals surface area contributed by atoms with Crippen molar-refractivity contribution in [2.45, 2.75) is 0 Å². The zero-order valence-electron chi connectivity index (χ0n) is 10.8. The first-order valence-corrected chi connectivity index (χ1v) is 7.81. The van der Waals surface area contributed by atoms with Crippen LogP contribution in [-0.4, -0.2) is 16.1 Å². The maximum atomic E-state index is 11.2. The monoisotopic (exact) mass is 359 g/mol. The van der Waals surface area contributed by atoms with Gasteiger partial charge in [0.25, 0.3) is 0 Å². The summed E-state index contributed by atoms with van der Waals surface area (Å²) in [5.74, 6) is -1.01. The van der Waals surface area contributed by atoms with Gasteiger partial charge >= 0.3 is 5.97 Å². The van der Waals surface area contributed by atoms with Gasteiger partial charge < -0.3 is 5.11 Å². The minimum atomic E-state index is -1.01. The SMILES string of the molecule is O=C(O)c1nc(Br)sc1-c1ccc(-c2ccccc2)cc1. The maximum Gasteiger partial charge on any atom is 0.356 e. The minimum Gasteiger partial charge on any atom is -0.476 e. The van der Waals surface area contributed by atoms with Gasteiger partial charge in [-0.2, -0.15) is 0 Å². The molecule has 0 atom stereocenters. The number of halogens is 1. The molecule has 0 bridgehead atoms. The Morgan fingerprint density at radius 2 is 1.52 bits per heavy atom. The Morgan fingerprint density at radius 3 is 2.14 bits per heavy atom. The average molecular weight is 360 g/mol. The molecule has 21 heavy (non-hydrogen) atoms. The van der Waals surface area contributed by atoms with Crippen LogP contribution in [0.25, 0.3) is 21.6 Å². The lowest BCUT2D eigenvalue weighted by Crippen LogP contribution is -1.98. The van der Waals surface area contributed by atoms with Crippen molar-refractivity contribution in [3.63, 3.8) is 0 Å². The van der Waals surface area contributed by atoms with E-state index in [1.807, 2.05) is 54.6 Å². The number of aromatic nitrogens is 1. The molecule has 0 radical (unpaired) electrons. The molecule has 0 fully saturated rings. The summed E-state index contributed by atoms with van der Waals surface area (Å²) >= 11 is 4.57. The van der Waals surface area contributed by atoms with Crippen LogP contribution in [0.2, 0.25) is 0 Å². The molecule has 0 aliphatic rings. The molecule has 0 aliphatic carbocycles. The van der Waals surface area contributed by atoms with Crippen LogP contribution >= 0.6 is 27.3 Å². The molecule has 0 aliphatic heterocycles. The summed E-state index contributed by atoms with van der Waals surface area (Å²) in [4.78, 5) is 15.9. The van der Waals surface area contributed by atoms with Gasteiger partial charge in [0.15, 0.2) is 9.61 Å². The predicted molar refractivity (Wildman–Crippen MR) is 87.6 cm³/mol. The van der Waals surface area contributed by atoms with Gasteiger partial charge in [0, 0.05) is 0 Å². The highest BCUT2D eigenvalue weighted by Gasteiger charge is 2.17. The van der Waals surface area contributed by atoms with Gasteiger partial charge in [-0.1, -0.05) is 54.6 Å². The van der Waals surface area contributed by atoms with Gasteiger partial charge in [-0.15, -0.1) is 11.3 Å². The van der Waals surface area contributed by atoms with Gasteiger partial charge in [-0.05, 0) is 32.6 Å². The van der Waals surface area contributed by atoms with Gasteiger partial charge in [-0.3, -0.25) is 0 Å². The summed E-state index contributed by atoms with van der Waals surface area (Å²) in [5, 5.41) is 9.20. The molecule has 0 unspecified atom stereocenters. The lowest BCUT2D eigenvalue weighted by molar-refractivity contribution is 0.0692. The molecule has 3 nitrogen and oxygen atoms in total. The third-order valence-electron chi connectivity index (χ3n) is 3.06. The van der Waals surface area contributed by atoms with Crippen LogP contribution in [0.1, 0.15) is 10.5 Å². The van der Waals surface area contributed by atoms with Gasteiger partial charge in [0.05, 0.1) is 4.88 Å². The van der Waals surface area contributed by atoms with Crippen molar-refractivity contribution in [2.24, 2.45) is 0 Å². The summed E-state index contributed by atoms with van der Waals surface area (Å²) in [6, 6.07) is 17.9. The molecular weight excluding hydrogens is 350 g/mol. The molecular formula is C16H10BrNO2S. The standard InChI is InChI=1S/C16H10BrNO2S/c17-16-18-13(15(19)20)14(21-16)12-8-6-11(7-9-12)10-4-2-1-3-5-10/h1-9H,(H,19,20). The van der Waals surface area contributed by atoms with E-state index in [-0.39, 0.29) is 5.69 Å². The summed E-state index contributed by atoms with van der Waals surface area (Å²) in [5.41, 5.74) is 3.17. The molecule has 104 valence electrons. The second-order valence-corrected chi connectivity index (χ2v) is 6.67. The van der Waals surface area contributed by atoms with E-state index in [1.165, 1.54) is 11.3 Å². The average Bonchev–Trinajstić information content (AvgIpc) is 2.91. The van der Waals surface area contributed by atoms with Crippen molar-refractivity contribution in [3.05, 3.63) is 64.2 Å².